The van der Waals surface area contributed by atoms with E-state index in [-0.39, 0.29) is 56.4 Å². The van der Waals surface area contributed by atoms with Gasteiger partial charge in [0.1, 0.15) is 0 Å². The Morgan fingerprint density at radius 2 is 2.07 bits per heavy atom. The van der Waals surface area contributed by atoms with E-state index in [1.807, 2.05) is 25.1 Å². The second kappa shape index (κ2) is 9.64. The van der Waals surface area contributed by atoms with Gasteiger partial charge in [0.25, 0.3) is 10.0 Å². The number of fused-ring (bicyclic) bond motifs is 2. The number of urea groups is 1. The zero-order valence-electron chi connectivity index (χ0n) is 17.6. The van der Waals surface area contributed by atoms with Crippen LogP contribution >= 0.6 is 0 Å². The number of nitrogens with one attached hydrogen (secondary N) is 2. The molecule has 2 amide bonds. The van der Waals surface area contributed by atoms with Gasteiger partial charge >= 0.3 is 6.03 Å². The summed E-state index contributed by atoms with van der Waals surface area (Å²) in [4.78, 5) is 14.5. The van der Waals surface area contributed by atoms with Gasteiger partial charge in [-0.3, -0.25) is 4.68 Å². The molecule has 0 saturated heterocycles. The van der Waals surface area contributed by atoms with Crippen LogP contribution in [0.4, 0.5) is 10.5 Å². The molecule has 4 rings (SSSR count). The molecule has 0 atom stereocenters. The van der Waals surface area contributed by atoms with Gasteiger partial charge in [-0.25, -0.2) is 9.52 Å². The Bertz CT molecular complexity index is 1090. The zero-order valence-corrected chi connectivity index (χ0v) is 21.5. The summed E-state index contributed by atoms with van der Waals surface area (Å²) in [5.41, 5.74) is 5.23. The molecule has 0 unspecified atom stereocenters. The third-order valence-electron chi connectivity index (χ3n) is 5.28. The molecule has 2 aliphatic carbocycles. The summed E-state index contributed by atoms with van der Waals surface area (Å²) in [6, 6.07) is 2.83. The van der Waals surface area contributed by atoms with E-state index in [0.29, 0.717) is 6.54 Å². The van der Waals surface area contributed by atoms with Crippen molar-refractivity contribution < 1.29 is 13.2 Å². The van der Waals surface area contributed by atoms with Crippen LogP contribution in [-0.4, -0.2) is 101 Å². The maximum Gasteiger partial charge on any atom is 0.333 e. The summed E-state index contributed by atoms with van der Waals surface area (Å²) in [6.45, 7) is 1.29. The van der Waals surface area contributed by atoms with Crippen molar-refractivity contribution >= 4 is 79.2 Å². The average Bonchev–Trinajstić information content (AvgIpc) is 3.39. The molecular weight excluding hydrogens is 429 g/mol. The van der Waals surface area contributed by atoms with Crippen LogP contribution < -0.4 is 10.0 Å². The first-order valence-corrected chi connectivity index (χ1v) is 11.2. The van der Waals surface area contributed by atoms with Crippen LogP contribution in [-0.2, 0) is 35.8 Å². The quantitative estimate of drug-likeness (QED) is 0.647. The van der Waals surface area contributed by atoms with Crippen molar-refractivity contribution in [1.29, 1.82) is 0 Å². The van der Waals surface area contributed by atoms with Crippen molar-refractivity contribution in [3.63, 3.8) is 0 Å². The van der Waals surface area contributed by atoms with Crippen LogP contribution in [0.5, 0.6) is 0 Å². The molecule has 0 aliphatic heterocycles. The molecule has 1 aromatic carbocycles. The molecule has 1 heterocycles. The van der Waals surface area contributed by atoms with Gasteiger partial charge in [0.2, 0.25) is 0 Å². The van der Waals surface area contributed by atoms with E-state index in [2.05, 4.69) is 27.3 Å². The van der Waals surface area contributed by atoms with E-state index in [4.69, 9.17) is 0 Å². The van der Waals surface area contributed by atoms with Crippen LogP contribution in [0.2, 0.25) is 0 Å². The van der Waals surface area contributed by atoms with Crippen molar-refractivity contribution in [2.75, 3.05) is 26.0 Å². The molecule has 0 saturated carbocycles. The van der Waals surface area contributed by atoms with Crippen LogP contribution in [0.1, 0.15) is 28.7 Å². The molecular formula is C20H25KN5O3S. The largest absolute Gasteiger partial charge is 0.333 e. The first-order chi connectivity index (χ1) is 13.8. The van der Waals surface area contributed by atoms with Crippen LogP contribution in [0.25, 0.3) is 6.08 Å². The average molecular weight is 455 g/mol. The molecule has 30 heavy (non-hydrogen) atoms. The maximum atomic E-state index is 12.6. The molecule has 10 heteroatoms. The minimum atomic E-state index is -4.05. The summed E-state index contributed by atoms with van der Waals surface area (Å²) < 4.78 is 28.8. The zero-order chi connectivity index (χ0) is 20.6. The summed E-state index contributed by atoms with van der Waals surface area (Å²) in [5, 5.41) is 6.70. The number of sulfonamides is 1. The second-order valence-electron chi connectivity index (χ2n) is 7.70. The Labute approximate surface area is 219 Å². The second-order valence-corrected chi connectivity index (χ2v) is 9.33. The number of carbonyl (C=O) groups is 1. The number of hydrogen-bond acceptors (Lipinski definition) is 5. The molecule has 2 N–H and O–H groups in total. The Morgan fingerprint density at radius 3 is 2.83 bits per heavy atom. The maximum absolute atomic E-state index is 12.6. The Kier molecular flexibility index (Phi) is 7.60. The summed E-state index contributed by atoms with van der Waals surface area (Å²) in [7, 11) is -0.191. The summed E-state index contributed by atoms with van der Waals surface area (Å²) in [5.74, 6) is 0. The molecule has 1 aromatic heterocycles. The number of aryl methyl sites for hydroxylation is 1. The Morgan fingerprint density at radius 1 is 1.27 bits per heavy atom. The SMILES string of the molecule is CN(C)CCn1ccc(S(=O)(=O)NC(=O)Nc2c3c(cc4c2CCC4)CC=C3)n1.[K]. The van der Waals surface area contributed by atoms with E-state index >= 15 is 0 Å². The minimum absolute atomic E-state index is 0. The third kappa shape index (κ3) is 5.06. The fourth-order valence-corrected chi connectivity index (χ4v) is 4.71. The predicted octanol–water partition coefficient (Wildman–Crippen LogP) is 1.63. The van der Waals surface area contributed by atoms with Gasteiger partial charge in [-0.1, -0.05) is 18.2 Å². The van der Waals surface area contributed by atoms with Crippen LogP contribution in [0.3, 0.4) is 0 Å². The van der Waals surface area contributed by atoms with Crippen LogP contribution in [0, 0.1) is 0 Å². The van der Waals surface area contributed by atoms with E-state index in [1.54, 1.807) is 10.9 Å². The molecule has 0 fully saturated rings. The molecule has 0 bridgehead atoms. The monoisotopic (exact) mass is 454 g/mol. The van der Waals surface area contributed by atoms with Crippen molar-refractivity contribution in [1.82, 2.24) is 19.4 Å². The van der Waals surface area contributed by atoms with Crippen molar-refractivity contribution in [3.05, 3.63) is 46.7 Å². The number of aromatic nitrogens is 2. The summed E-state index contributed by atoms with van der Waals surface area (Å²) in [6.07, 6.45) is 9.39. The number of carbonyl (C=O) groups excluding carboxylic acids is 1. The molecule has 0 spiro atoms. The molecule has 2 aliphatic rings. The first kappa shape index (κ1) is 23.6. The van der Waals surface area contributed by atoms with Gasteiger partial charge < -0.3 is 10.2 Å². The smallest absolute Gasteiger partial charge is 0.308 e. The van der Waals surface area contributed by atoms with Crippen LogP contribution in [0.15, 0.2) is 29.4 Å². The van der Waals surface area contributed by atoms with E-state index in [1.165, 1.54) is 17.2 Å². The topological polar surface area (TPSA) is 96.3 Å². The molecule has 1 radical (unpaired) electrons. The number of nitrogens with zero attached hydrogens (tertiary/aromatic N) is 3. The van der Waals surface area contributed by atoms with Gasteiger partial charge in [-0.05, 0) is 62.5 Å². The van der Waals surface area contributed by atoms with Crippen molar-refractivity contribution in [2.45, 2.75) is 37.3 Å². The van der Waals surface area contributed by atoms with Gasteiger partial charge in [0.05, 0.1) is 12.2 Å². The van der Waals surface area contributed by atoms with Crippen molar-refractivity contribution in [2.24, 2.45) is 0 Å². The number of anilines is 1. The van der Waals surface area contributed by atoms with E-state index in [9.17, 15) is 13.2 Å². The number of allylic oxidation sites excluding steroid dienone is 1. The van der Waals surface area contributed by atoms with Gasteiger partial charge in [0.15, 0.2) is 5.03 Å². The Balaban J connectivity index is 0.00000256. The van der Waals surface area contributed by atoms with Gasteiger partial charge in [0, 0.05) is 69.7 Å². The molecule has 155 valence electrons. The van der Waals surface area contributed by atoms with E-state index in [0.717, 1.165) is 49.0 Å². The fraction of sp³-hybridized carbons (Fsp3) is 0.400. The normalized spacial score (nSPS) is 14.4. The first-order valence-electron chi connectivity index (χ1n) is 9.69. The molecule has 8 nitrogen and oxygen atoms in total. The number of amides is 2. The van der Waals surface area contributed by atoms with Gasteiger partial charge in [-0.15, -0.1) is 0 Å². The third-order valence-corrected chi connectivity index (χ3v) is 6.50. The molecule has 2 aromatic rings. The number of benzene rings is 1. The van der Waals surface area contributed by atoms with Gasteiger partial charge in [-0.2, -0.15) is 13.5 Å². The minimum Gasteiger partial charge on any atom is -0.308 e. The summed E-state index contributed by atoms with van der Waals surface area (Å²) >= 11 is 0. The standard InChI is InChI=1S/C20H25N5O3S.K/c1-24(2)11-12-25-10-9-18(22-25)29(27,28)23-20(26)21-19-16-7-3-5-14(16)13-15-6-4-8-17(15)19;/h3,7,9-10,13H,4-6,8,11-12H2,1-2H3,(H2,21,23,26);. The predicted molar refractivity (Wildman–Crippen MR) is 117 cm³/mol. The number of hydrogen-bond donors (Lipinski definition) is 2. The number of rotatable bonds is 6. The van der Waals surface area contributed by atoms with E-state index < -0.39 is 16.1 Å². The fourth-order valence-electron chi connectivity index (χ4n) is 3.86. The Hall–Kier alpha value is -1.01. The number of likely N-dealkylation sites (N-methyl/N-ethyl adjacent to an activating group) is 1. The van der Waals surface area contributed by atoms with Crippen molar-refractivity contribution in [3.8, 4) is 0 Å².